The van der Waals surface area contributed by atoms with Crippen LogP contribution in [0.1, 0.15) is 32.7 Å². The Hall–Kier alpha value is -3.29. The number of nitrogens with one attached hydrogen (secondary N) is 1. The van der Waals surface area contributed by atoms with Crippen LogP contribution in [0.4, 0.5) is 14.5 Å². The fraction of sp³-hybridized carbons (Fsp3) is 0.211. The van der Waals surface area contributed by atoms with E-state index in [1.54, 1.807) is 18.2 Å². The van der Waals surface area contributed by atoms with Crippen molar-refractivity contribution < 1.29 is 27.9 Å². The summed E-state index contributed by atoms with van der Waals surface area (Å²) in [6, 6.07) is 10.4. The molecule has 0 aliphatic carbocycles. The zero-order chi connectivity index (χ0) is 19.6. The number of imide groups is 1. The van der Waals surface area contributed by atoms with Crippen molar-refractivity contribution in [1.82, 2.24) is 4.90 Å². The van der Waals surface area contributed by atoms with Crippen LogP contribution in [0.3, 0.4) is 0 Å². The standard InChI is InChI=1S/C19H16F2N2O4/c1-11-2-7-14-15(10-11)18(26)23(17(14)25)9-8-16(24)22-12-3-5-13(6-4-12)27-19(20)21/h2-7,10,19H,8-9H2,1H3,(H,22,24). The predicted octanol–water partition coefficient (Wildman–Crippen LogP) is 3.22. The monoisotopic (exact) mass is 374 g/mol. The molecule has 27 heavy (non-hydrogen) atoms. The molecule has 1 N–H and O–H groups in total. The van der Waals surface area contributed by atoms with Crippen LogP contribution in [0.2, 0.25) is 0 Å². The largest absolute Gasteiger partial charge is 0.435 e. The number of carbonyl (C=O) groups is 3. The maximum Gasteiger partial charge on any atom is 0.387 e. The molecule has 0 saturated carbocycles. The maximum absolute atomic E-state index is 12.4. The number of carbonyl (C=O) groups excluding carboxylic acids is 3. The molecule has 1 heterocycles. The molecule has 0 saturated heterocycles. The molecular formula is C19H16F2N2O4. The number of anilines is 1. The highest BCUT2D eigenvalue weighted by Gasteiger charge is 2.35. The highest BCUT2D eigenvalue weighted by atomic mass is 19.3. The van der Waals surface area contributed by atoms with Gasteiger partial charge in [-0.1, -0.05) is 11.6 Å². The molecule has 8 heteroatoms. The first-order valence-electron chi connectivity index (χ1n) is 8.17. The normalized spacial score (nSPS) is 13.1. The molecule has 0 aromatic heterocycles. The highest BCUT2D eigenvalue weighted by Crippen LogP contribution is 2.24. The Balaban J connectivity index is 1.57. The van der Waals surface area contributed by atoms with E-state index < -0.39 is 24.3 Å². The second-order valence-corrected chi connectivity index (χ2v) is 6.01. The molecule has 6 nitrogen and oxygen atoms in total. The van der Waals surface area contributed by atoms with Gasteiger partial charge in [-0.25, -0.2) is 0 Å². The van der Waals surface area contributed by atoms with Crippen molar-refractivity contribution in [2.24, 2.45) is 0 Å². The van der Waals surface area contributed by atoms with Crippen molar-refractivity contribution in [3.05, 3.63) is 59.2 Å². The molecule has 0 spiro atoms. The molecule has 0 unspecified atom stereocenters. The highest BCUT2D eigenvalue weighted by molar-refractivity contribution is 6.21. The summed E-state index contributed by atoms with van der Waals surface area (Å²) in [6.07, 6.45) is -0.0836. The topological polar surface area (TPSA) is 75.7 Å². The van der Waals surface area contributed by atoms with Crippen molar-refractivity contribution in [1.29, 1.82) is 0 Å². The third-order valence-corrected chi connectivity index (χ3v) is 4.05. The van der Waals surface area contributed by atoms with Gasteiger partial charge in [-0.3, -0.25) is 19.3 Å². The Labute approximate surface area is 153 Å². The fourth-order valence-electron chi connectivity index (χ4n) is 2.76. The molecule has 0 fully saturated rings. The van der Waals surface area contributed by atoms with Crippen LogP contribution in [-0.2, 0) is 4.79 Å². The van der Waals surface area contributed by atoms with Gasteiger partial charge in [0.25, 0.3) is 11.8 Å². The number of alkyl halides is 2. The van der Waals surface area contributed by atoms with Crippen LogP contribution in [0.15, 0.2) is 42.5 Å². The number of aryl methyl sites for hydroxylation is 1. The first-order valence-corrected chi connectivity index (χ1v) is 8.17. The molecule has 1 aliphatic heterocycles. The zero-order valence-corrected chi connectivity index (χ0v) is 14.4. The van der Waals surface area contributed by atoms with Crippen molar-refractivity contribution in [3.63, 3.8) is 0 Å². The molecule has 1 aliphatic rings. The average Bonchev–Trinajstić information content (AvgIpc) is 2.85. The molecular weight excluding hydrogens is 358 g/mol. The smallest absolute Gasteiger partial charge is 0.387 e. The minimum atomic E-state index is -2.92. The number of rotatable bonds is 6. The van der Waals surface area contributed by atoms with Crippen molar-refractivity contribution in [2.45, 2.75) is 20.0 Å². The van der Waals surface area contributed by atoms with Gasteiger partial charge in [0.1, 0.15) is 5.75 Å². The summed E-state index contributed by atoms with van der Waals surface area (Å²) in [7, 11) is 0. The van der Waals surface area contributed by atoms with E-state index in [1.165, 1.54) is 24.3 Å². The quantitative estimate of drug-likeness (QED) is 0.788. The Bertz CT molecular complexity index is 897. The number of hydrogen-bond donors (Lipinski definition) is 1. The van der Waals surface area contributed by atoms with Gasteiger partial charge in [0.05, 0.1) is 11.1 Å². The number of hydrogen-bond acceptors (Lipinski definition) is 4. The van der Waals surface area contributed by atoms with Crippen LogP contribution >= 0.6 is 0 Å². The summed E-state index contributed by atoms with van der Waals surface area (Å²) < 4.78 is 28.4. The van der Waals surface area contributed by atoms with Crippen LogP contribution in [0.25, 0.3) is 0 Å². The molecule has 3 rings (SSSR count). The van der Waals surface area contributed by atoms with Crippen LogP contribution in [0.5, 0.6) is 5.75 Å². The molecule has 140 valence electrons. The number of ether oxygens (including phenoxy) is 1. The molecule has 2 aromatic carbocycles. The lowest BCUT2D eigenvalue weighted by molar-refractivity contribution is -0.116. The van der Waals surface area contributed by atoms with E-state index in [-0.39, 0.29) is 18.7 Å². The second-order valence-electron chi connectivity index (χ2n) is 6.01. The SMILES string of the molecule is Cc1ccc2c(c1)C(=O)N(CCC(=O)Nc1ccc(OC(F)F)cc1)C2=O. The molecule has 0 bridgehead atoms. The second kappa shape index (κ2) is 7.53. The summed E-state index contributed by atoms with van der Waals surface area (Å²) in [4.78, 5) is 37.8. The van der Waals surface area contributed by atoms with Gasteiger partial charge in [-0.15, -0.1) is 0 Å². The molecule has 2 aromatic rings. The van der Waals surface area contributed by atoms with Gasteiger partial charge in [0.2, 0.25) is 5.91 Å². The Morgan fingerprint density at radius 1 is 1.07 bits per heavy atom. The predicted molar refractivity (Wildman–Crippen MR) is 92.9 cm³/mol. The minimum absolute atomic E-state index is 0.0238. The first-order chi connectivity index (χ1) is 12.8. The number of nitrogens with zero attached hydrogens (tertiary/aromatic N) is 1. The maximum atomic E-state index is 12.4. The van der Waals surface area contributed by atoms with E-state index >= 15 is 0 Å². The molecule has 0 radical (unpaired) electrons. The third-order valence-electron chi connectivity index (χ3n) is 4.05. The lowest BCUT2D eigenvalue weighted by atomic mass is 10.1. The lowest BCUT2D eigenvalue weighted by Gasteiger charge is -2.13. The minimum Gasteiger partial charge on any atom is -0.435 e. The zero-order valence-electron chi connectivity index (χ0n) is 14.4. The molecule has 0 atom stereocenters. The summed E-state index contributed by atoms with van der Waals surface area (Å²) in [6.45, 7) is -1.15. The van der Waals surface area contributed by atoms with Crippen LogP contribution < -0.4 is 10.1 Å². The van der Waals surface area contributed by atoms with E-state index in [1.807, 2.05) is 6.92 Å². The van der Waals surface area contributed by atoms with Crippen LogP contribution in [0, 0.1) is 6.92 Å². The van der Waals surface area contributed by atoms with Crippen LogP contribution in [-0.4, -0.2) is 35.8 Å². The number of amides is 3. The Morgan fingerprint density at radius 3 is 2.41 bits per heavy atom. The van der Waals surface area contributed by atoms with E-state index in [2.05, 4.69) is 10.1 Å². The summed E-state index contributed by atoms with van der Waals surface area (Å²) in [5.41, 5.74) is 1.93. The summed E-state index contributed by atoms with van der Waals surface area (Å²) in [5.74, 6) is -1.27. The fourth-order valence-corrected chi connectivity index (χ4v) is 2.76. The van der Waals surface area contributed by atoms with Gasteiger partial charge in [-0.2, -0.15) is 8.78 Å². The Kier molecular flexibility index (Phi) is 5.16. The van der Waals surface area contributed by atoms with Crippen molar-refractivity contribution in [2.75, 3.05) is 11.9 Å². The van der Waals surface area contributed by atoms with E-state index in [0.29, 0.717) is 16.8 Å². The van der Waals surface area contributed by atoms with Gasteiger partial charge < -0.3 is 10.1 Å². The van der Waals surface area contributed by atoms with E-state index in [0.717, 1.165) is 10.5 Å². The van der Waals surface area contributed by atoms with Gasteiger partial charge in [0.15, 0.2) is 0 Å². The van der Waals surface area contributed by atoms with Crippen molar-refractivity contribution in [3.8, 4) is 5.75 Å². The number of halogens is 2. The number of fused-ring (bicyclic) bond motifs is 1. The van der Waals surface area contributed by atoms with Gasteiger partial charge in [-0.05, 0) is 43.3 Å². The van der Waals surface area contributed by atoms with Gasteiger partial charge >= 0.3 is 6.61 Å². The summed E-state index contributed by atoms with van der Waals surface area (Å²) >= 11 is 0. The van der Waals surface area contributed by atoms with Crippen molar-refractivity contribution >= 4 is 23.4 Å². The van der Waals surface area contributed by atoms with Gasteiger partial charge in [0, 0.05) is 18.7 Å². The van der Waals surface area contributed by atoms with E-state index in [9.17, 15) is 23.2 Å². The average molecular weight is 374 g/mol. The third kappa shape index (κ3) is 4.11. The van der Waals surface area contributed by atoms with E-state index in [4.69, 9.17) is 0 Å². The Morgan fingerprint density at radius 2 is 1.74 bits per heavy atom. The number of benzene rings is 2. The summed E-state index contributed by atoms with van der Waals surface area (Å²) in [5, 5.41) is 2.58. The molecule has 3 amide bonds. The lowest BCUT2D eigenvalue weighted by Crippen LogP contribution is -2.32. The first kappa shape index (κ1) is 18.5.